The van der Waals surface area contributed by atoms with Gasteiger partial charge in [0.15, 0.2) is 0 Å². The molecule has 0 aliphatic rings. The molecule has 2 heterocycles. The first-order valence-corrected chi connectivity index (χ1v) is 8.73. The van der Waals surface area contributed by atoms with Gasteiger partial charge in [0.2, 0.25) is 0 Å². The van der Waals surface area contributed by atoms with E-state index in [0.717, 1.165) is 29.0 Å². The predicted octanol–water partition coefficient (Wildman–Crippen LogP) is 3.07. The lowest BCUT2D eigenvalue weighted by molar-refractivity contribution is 0.0954. The minimum Gasteiger partial charge on any atom is -0.497 e. The van der Waals surface area contributed by atoms with Crippen LogP contribution in [0.1, 0.15) is 21.5 Å². The van der Waals surface area contributed by atoms with Crippen molar-refractivity contribution in [2.45, 2.75) is 13.0 Å². The van der Waals surface area contributed by atoms with Crippen molar-refractivity contribution in [3.8, 4) is 5.75 Å². The molecule has 3 rings (SSSR count). The monoisotopic (exact) mass is 362 g/mol. The van der Waals surface area contributed by atoms with E-state index in [4.69, 9.17) is 4.74 Å². The number of anilines is 1. The van der Waals surface area contributed by atoms with Crippen molar-refractivity contribution in [3.63, 3.8) is 0 Å². The first-order valence-electron chi connectivity index (χ1n) is 8.73. The minimum atomic E-state index is -0.136. The van der Waals surface area contributed by atoms with Crippen LogP contribution in [-0.4, -0.2) is 29.5 Å². The Labute approximate surface area is 158 Å². The summed E-state index contributed by atoms with van der Waals surface area (Å²) in [6.45, 7) is 1.20. The number of aromatic nitrogens is 2. The molecular formula is C21H22N4O2. The van der Waals surface area contributed by atoms with Gasteiger partial charge in [-0.1, -0.05) is 12.1 Å². The number of carbonyl (C=O) groups is 1. The van der Waals surface area contributed by atoms with Gasteiger partial charge in [-0.2, -0.15) is 0 Å². The largest absolute Gasteiger partial charge is 0.497 e. The molecule has 0 spiro atoms. The molecule has 6 heteroatoms. The Balaban J connectivity index is 1.50. The number of carbonyl (C=O) groups excluding carboxylic acids is 1. The van der Waals surface area contributed by atoms with E-state index in [2.05, 4.69) is 20.6 Å². The zero-order chi connectivity index (χ0) is 18.9. The van der Waals surface area contributed by atoms with Gasteiger partial charge in [0.05, 0.1) is 18.4 Å². The summed E-state index contributed by atoms with van der Waals surface area (Å²) in [5.41, 5.74) is 3.58. The molecule has 0 bridgehead atoms. The molecule has 0 unspecified atom stereocenters. The number of ether oxygens (including phenoxy) is 1. The van der Waals surface area contributed by atoms with Gasteiger partial charge in [0.1, 0.15) is 5.75 Å². The maximum Gasteiger partial charge on any atom is 0.252 e. The number of pyridine rings is 2. The number of amides is 1. The summed E-state index contributed by atoms with van der Waals surface area (Å²) in [5, 5.41) is 6.20. The molecule has 138 valence electrons. The molecule has 0 saturated carbocycles. The van der Waals surface area contributed by atoms with Gasteiger partial charge >= 0.3 is 0 Å². The van der Waals surface area contributed by atoms with Crippen LogP contribution in [0.3, 0.4) is 0 Å². The smallest absolute Gasteiger partial charge is 0.252 e. The number of benzene rings is 1. The molecule has 0 aliphatic carbocycles. The Hall–Kier alpha value is -3.41. The highest BCUT2D eigenvalue weighted by Gasteiger charge is 2.07. The van der Waals surface area contributed by atoms with E-state index >= 15 is 0 Å². The minimum absolute atomic E-state index is 0.136. The molecule has 1 amide bonds. The predicted molar refractivity (Wildman–Crippen MR) is 105 cm³/mol. The van der Waals surface area contributed by atoms with E-state index in [-0.39, 0.29) is 5.91 Å². The number of hydrogen-bond donors (Lipinski definition) is 2. The molecule has 2 N–H and O–H groups in total. The summed E-state index contributed by atoms with van der Waals surface area (Å²) in [4.78, 5) is 20.5. The van der Waals surface area contributed by atoms with Crippen LogP contribution in [0.4, 0.5) is 5.69 Å². The highest BCUT2D eigenvalue weighted by atomic mass is 16.5. The average molecular weight is 362 g/mol. The second kappa shape index (κ2) is 9.33. The molecule has 3 aromatic rings. The van der Waals surface area contributed by atoms with Crippen molar-refractivity contribution in [2.75, 3.05) is 19.0 Å². The summed E-state index contributed by atoms with van der Waals surface area (Å²) >= 11 is 0. The van der Waals surface area contributed by atoms with Crippen LogP contribution < -0.4 is 15.4 Å². The molecule has 1 aromatic carbocycles. The quantitative estimate of drug-likeness (QED) is 0.644. The van der Waals surface area contributed by atoms with E-state index in [1.165, 1.54) is 0 Å². The van der Waals surface area contributed by atoms with Gasteiger partial charge < -0.3 is 15.4 Å². The van der Waals surface area contributed by atoms with Crippen molar-refractivity contribution in [2.24, 2.45) is 0 Å². The van der Waals surface area contributed by atoms with Crippen LogP contribution in [0.25, 0.3) is 0 Å². The van der Waals surface area contributed by atoms with Crippen LogP contribution in [0.2, 0.25) is 0 Å². The van der Waals surface area contributed by atoms with Crippen molar-refractivity contribution >= 4 is 11.6 Å². The van der Waals surface area contributed by atoms with Crippen LogP contribution >= 0.6 is 0 Å². The van der Waals surface area contributed by atoms with Gasteiger partial charge in [0, 0.05) is 37.9 Å². The Bertz CT molecular complexity index is 867. The summed E-state index contributed by atoms with van der Waals surface area (Å²) in [6.07, 6.45) is 7.53. The first-order chi connectivity index (χ1) is 13.2. The number of rotatable bonds is 8. The SMILES string of the molecule is COc1ccc(CCNC(=O)c2cncc(NCc3ccncc3)c2)cc1. The molecule has 0 saturated heterocycles. The third-order valence-corrected chi connectivity index (χ3v) is 4.10. The normalized spacial score (nSPS) is 10.3. The van der Waals surface area contributed by atoms with Gasteiger partial charge in [-0.25, -0.2) is 0 Å². The van der Waals surface area contributed by atoms with Gasteiger partial charge in [0.25, 0.3) is 5.91 Å². The maximum absolute atomic E-state index is 12.4. The Morgan fingerprint density at radius 3 is 2.52 bits per heavy atom. The molecule has 27 heavy (non-hydrogen) atoms. The van der Waals surface area contributed by atoms with Crippen molar-refractivity contribution in [1.29, 1.82) is 0 Å². The third-order valence-electron chi connectivity index (χ3n) is 4.10. The Morgan fingerprint density at radius 2 is 1.78 bits per heavy atom. The van der Waals surface area contributed by atoms with Gasteiger partial charge in [-0.15, -0.1) is 0 Å². The highest BCUT2D eigenvalue weighted by molar-refractivity contribution is 5.94. The first kappa shape index (κ1) is 18.4. The fraction of sp³-hybridized carbons (Fsp3) is 0.190. The van der Waals surface area contributed by atoms with E-state index in [1.807, 2.05) is 36.4 Å². The fourth-order valence-corrected chi connectivity index (χ4v) is 2.58. The summed E-state index contributed by atoms with van der Waals surface area (Å²) in [7, 11) is 1.64. The topological polar surface area (TPSA) is 76.1 Å². The lowest BCUT2D eigenvalue weighted by Gasteiger charge is -2.09. The maximum atomic E-state index is 12.4. The standard InChI is InChI=1S/C21H22N4O2/c1-27-20-4-2-16(3-5-20)8-11-24-21(26)18-12-19(15-23-14-18)25-13-17-6-9-22-10-7-17/h2-7,9-10,12,14-15,25H,8,11,13H2,1H3,(H,24,26). The third kappa shape index (κ3) is 5.54. The molecule has 6 nitrogen and oxygen atoms in total. The molecular weight excluding hydrogens is 340 g/mol. The molecule has 2 aromatic heterocycles. The van der Waals surface area contributed by atoms with Crippen LogP contribution in [-0.2, 0) is 13.0 Å². The molecule has 0 fully saturated rings. The number of nitrogens with zero attached hydrogens (tertiary/aromatic N) is 2. The second-order valence-corrected chi connectivity index (χ2v) is 6.03. The number of nitrogens with one attached hydrogen (secondary N) is 2. The lowest BCUT2D eigenvalue weighted by Crippen LogP contribution is -2.25. The van der Waals surface area contributed by atoms with Gasteiger partial charge in [-0.05, 0) is 47.9 Å². The fourth-order valence-electron chi connectivity index (χ4n) is 2.58. The van der Waals surface area contributed by atoms with Crippen molar-refractivity contribution < 1.29 is 9.53 Å². The molecule has 0 aliphatic heterocycles. The Morgan fingerprint density at radius 1 is 1.00 bits per heavy atom. The molecule has 0 radical (unpaired) electrons. The summed E-state index contributed by atoms with van der Waals surface area (Å²) in [6, 6.07) is 13.5. The van der Waals surface area contributed by atoms with Crippen molar-refractivity contribution in [3.05, 3.63) is 83.9 Å². The average Bonchev–Trinajstić information content (AvgIpc) is 2.73. The summed E-state index contributed by atoms with van der Waals surface area (Å²) in [5.74, 6) is 0.688. The van der Waals surface area contributed by atoms with E-state index in [0.29, 0.717) is 18.7 Å². The van der Waals surface area contributed by atoms with E-state index < -0.39 is 0 Å². The Kier molecular flexibility index (Phi) is 6.35. The van der Waals surface area contributed by atoms with Crippen LogP contribution in [0, 0.1) is 0 Å². The lowest BCUT2D eigenvalue weighted by atomic mass is 10.1. The van der Waals surface area contributed by atoms with E-state index in [1.54, 1.807) is 38.0 Å². The summed E-state index contributed by atoms with van der Waals surface area (Å²) < 4.78 is 5.14. The van der Waals surface area contributed by atoms with Gasteiger partial charge in [-0.3, -0.25) is 14.8 Å². The van der Waals surface area contributed by atoms with Crippen molar-refractivity contribution in [1.82, 2.24) is 15.3 Å². The van der Waals surface area contributed by atoms with Crippen LogP contribution in [0.5, 0.6) is 5.75 Å². The number of hydrogen-bond acceptors (Lipinski definition) is 5. The molecule has 0 atom stereocenters. The number of methoxy groups -OCH3 is 1. The van der Waals surface area contributed by atoms with Crippen LogP contribution in [0.15, 0.2) is 67.3 Å². The zero-order valence-corrected chi connectivity index (χ0v) is 15.2. The zero-order valence-electron chi connectivity index (χ0n) is 15.2. The highest BCUT2D eigenvalue weighted by Crippen LogP contribution is 2.12. The van der Waals surface area contributed by atoms with E-state index in [9.17, 15) is 4.79 Å². The second-order valence-electron chi connectivity index (χ2n) is 6.03.